The maximum absolute atomic E-state index is 6.18. The third-order valence-corrected chi connectivity index (χ3v) is 3.50. The lowest BCUT2D eigenvalue weighted by molar-refractivity contribution is 0.875. The molecule has 2 aromatic rings. The molecule has 3 nitrogen and oxygen atoms in total. The fraction of sp³-hybridized carbons (Fsp3) is 0.214. The van der Waals surface area contributed by atoms with Crippen molar-refractivity contribution in [1.29, 1.82) is 0 Å². The third-order valence-electron chi connectivity index (χ3n) is 2.94. The van der Waals surface area contributed by atoms with Gasteiger partial charge in [0.2, 0.25) is 0 Å². The highest BCUT2D eigenvalue weighted by Gasteiger charge is 2.11. The maximum atomic E-state index is 6.18. The van der Waals surface area contributed by atoms with Crippen LogP contribution in [0.4, 0.5) is 11.5 Å². The summed E-state index contributed by atoms with van der Waals surface area (Å²) in [6, 6.07) is 7.28. The Morgan fingerprint density at radius 3 is 2.63 bits per heavy atom. The normalized spacial score (nSPS) is 12.2. The van der Waals surface area contributed by atoms with Gasteiger partial charge >= 0.3 is 0 Å². The summed E-state index contributed by atoms with van der Waals surface area (Å²) in [4.78, 5) is 4.29. The van der Waals surface area contributed by atoms with Crippen LogP contribution in [0.5, 0.6) is 0 Å². The average molecular weight is 296 g/mol. The number of nitrogens with two attached hydrogens (primary N) is 1. The van der Waals surface area contributed by atoms with E-state index >= 15 is 0 Å². The number of hydrogen-bond acceptors (Lipinski definition) is 3. The number of benzene rings is 1. The van der Waals surface area contributed by atoms with Crippen LogP contribution < -0.4 is 11.1 Å². The van der Waals surface area contributed by atoms with Crippen molar-refractivity contribution in [2.24, 2.45) is 0 Å². The number of halogens is 2. The van der Waals surface area contributed by atoms with Gasteiger partial charge in [0, 0.05) is 28.0 Å². The van der Waals surface area contributed by atoms with Crippen LogP contribution in [0.1, 0.15) is 24.1 Å². The van der Waals surface area contributed by atoms with E-state index in [0.29, 0.717) is 15.7 Å². The molecular weight excluding hydrogens is 281 g/mol. The molecule has 0 spiro atoms. The molecule has 0 aliphatic carbocycles. The van der Waals surface area contributed by atoms with Crippen molar-refractivity contribution in [3.63, 3.8) is 0 Å². The molecule has 1 aromatic heterocycles. The van der Waals surface area contributed by atoms with E-state index in [1.54, 1.807) is 12.3 Å². The predicted molar refractivity (Wildman–Crippen MR) is 81.9 cm³/mol. The van der Waals surface area contributed by atoms with Crippen LogP contribution in [0.3, 0.4) is 0 Å². The molecule has 1 heterocycles. The van der Waals surface area contributed by atoms with E-state index in [2.05, 4.69) is 10.3 Å². The van der Waals surface area contributed by atoms with Crippen LogP contribution in [-0.4, -0.2) is 4.98 Å². The van der Waals surface area contributed by atoms with E-state index in [9.17, 15) is 0 Å². The first-order valence-corrected chi connectivity index (χ1v) is 6.66. The largest absolute Gasteiger partial charge is 0.398 e. The van der Waals surface area contributed by atoms with Crippen molar-refractivity contribution in [3.8, 4) is 0 Å². The summed E-state index contributed by atoms with van der Waals surface area (Å²) >= 11 is 12.1. The van der Waals surface area contributed by atoms with Gasteiger partial charge in [-0.3, -0.25) is 0 Å². The smallest absolute Gasteiger partial charge is 0.128 e. The zero-order valence-corrected chi connectivity index (χ0v) is 12.3. The number of aryl methyl sites for hydroxylation is 1. The first-order valence-electron chi connectivity index (χ1n) is 5.91. The molecule has 19 heavy (non-hydrogen) atoms. The molecule has 0 saturated carbocycles. The monoisotopic (exact) mass is 295 g/mol. The first kappa shape index (κ1) is 14.0. The molecule has 0 radical (unpaired) electrons. The minimum Gasteiger partial charge on any atom is -0.398 e. The minimum atomic E-state index is 0.0133. The summed E-state index contributed by atoms with van der Waals surface area (Å²) < 4.78 is 0. The summed E-state index contributed by atoms with van der Waals surface area (Å²) in [5, 5.41) is 4.52. The Balaban J connectivity index is 2.20. The fourth-order valence-electron chi connectivity index (χ4n) is 1.77. The van der Waals surface area contributed by atoms with Gasteiger partial charge in [-0.25, -0.2) is 4.98 Å². The molecular formula is C14H15Cl2N3. The summed E-state index contributed by atoms with van der Waals surface area (Å²) in [7, 11) is 0. The highest BCUT2D eigenvalue weighted by atomic mass is 35.5. The van der Waals surface area contributed by atoms with Gasteiger partial charge in [-0.2, -0.15) is 0 Å². The van der Waals surface area contributed by atoms with E-state index in [1.165, 1.54) is 0 Å². The summed E-state index contributed by atoms with van der Waals surface area (Å²) in [6.07, 6.45) is 1.74. The van der Waals surface area contributed by atoms with Gasteiger partial charge in [-0.05, 0) is 37.1 Å². The highest BCUT2D eigenvalue weighted by Crippen LogP contribution is 2.28. The van der Waals surface area contributed by atoms with Crippen LogP contribution >= 0.6 is 23.2 Å². The van der Waals surface area contributed by atoms with Crippen molar-refractivity contribution in [3.05, 3.63) is 51.6 Å². The van der Waals surface area contributed by atoms with E-state index in [4.69, 9.17) is 28.9 Å². The minimum absolute atomic E-state index is 0.0133. The van der Waals surface area contributed by atoms with E-state index in [-0.39, 0.29) is 6.04 Å². The second kappa shape index (κ2) is 5.68. The summed E-state index contributed by atoms with van der Waals surface area (Å²) in [5.74, 6) is 0.724. The molecule has 0 amide bonds. The Bertz CT molecular complexity index is 599. The van der Waals surface area contributed by atoms with Crippen molar-refractivity contribution >= 4 is 34.7 Å². The average Bonchev–Trinajstić information content (AvgIpc) is 2.33. The number of nitrogen functional groups attached to an aromatic ring is 1. The second-order valence-electron chi connectivity index (χ2n) is 4.46. The molecule has 0 saturated heterocycles. The Morgan fingerprint density at radius 2 is 2.00 bits per heavy atom. The quantitative estimate of drug-likeness (QED) is 0.879. The number of nitrogens with one attached hydrogen (secondary N) is 1. The lowest BCUT2D eigenvalue weighted by Gasteiger charge is -2.17. The molecule has 5 heteroatoms. The molecule has 0 bridgehead atoms. The number of pyridine rings is 1. The van der Waals surface area contributed by atoms with Gasteiger partial charge in [-0.1, -0.05) is 29.3 Å². The highest BCUT2D eigenvalue weighted by molar-refractivity contribution is 6.35. The third kappa shape index (κ3) is 3.31. The van der Waals surface area contributed by atoms with Gasteiger partial charge in [0.25, 0.3) is 0 Å². The second-order valence-corrected chi connectivity index (χ2v) is 5.30. The molecule has 0 aliphatic rings. The van der Waals surface area contributed by atoms with Crippen LogP contribution in [0.25, 0.3) is 0 Å². The molecule has 1 aromatic carbocycles. The standard InChI is InChI=1S/C14H15Cl2N3/c1-8-7-18-14(6-13(8)17)19-9(2)11-4-3-10(15)5-12(11)16/h3-7,9H,1-2H3,(H3,17,18,19). The topological polar surface area (TPSA) is 50.9 Å². The van der Waals surface area contributed by atoms with Crippen molar-refractivity contribution in [1.82, 2.24) is 4.98 Å². The van der Waals surface area contributed by atoms with E-state index < -0.39 is 0 Å². The number of hydrogen-bond donors (Lipinski definition) is 2. The lowest BCUT2D eigenvalue weighted by atomic mass is 10.1. The summed E-state index contributed by atoms with van der Waals surface area (Å²) in [6.45, 7) is 3.93. The van der Waals surface area contributed by atoms with Crippen LogP contribution in [0, 0.1) is 6.92 Å². The number of aromatic nitrogens is 1. The van der Waals surface area contributed by atoms with Crippen molar-refractivity contribution in [2.75, 3.05) is 11.1 Å². The van der Waals surface area contributed by atoms with Gasteiger partial charge in [-0.15, -0.1) is 0 Å². The van der Waals surface area contributed by atoms with Crippen LogP contribution in [0.2, 0.25) is 10.0 Å². The number of rotatable bonds is 3. The van der Waals surface area contributed by atoms with Crippen LogP contribution in [-0.2, 0) is 0 Å². The number of anilines is 2. The van der Waals surface area contributed by atoms with Crippen molar-refractivity contribution < 1.29 is 0 Å². The van der Waals surface area contributed by atoms with E-state index in [1.807, 2.05) is 32.0 Å². The summed E-state index contributed by atoms with van der Waals surface area (Å²) in [5.41, 5.74) is 8.50. The van der Waals surface area contributed by atoms with E-state index in [0.717, 1.165) is 16.9 Å². The van der Waals surface area contributed by atoms with Gasteiger partial charge in [0.05, 0.1) is 6.04 Å². The van der Waals surface area contributed by atoms with Gasteiger partial charge < -0.3 is 11.1 Å². The van der Waals surface area contributed by atoms with Crippen LogP contribution in [0.15, 0.2) is 30.5 Å². The Morgan fingerprint density at radius 1 is 1.26 bits per heavy atom. The maximum Gasteiger partial charge on any atom is 0.128 e. The molecule has 0 aliphatic heterocycles. The molecule has 100 valence electrons. The van der Waals surface area contributed by atoms with Gasteiger partial charge in [0.1, 0.15) is 5.82 Å². The Labute approximate surface area is 122 Å². The molecule has 0 fully saturated rings. The lowest BCUT2D eigenvalue weighted by Crippen LogP contribution is -2.09. The SMILES string of the molecule is Cc1cnc(NC(C)c2ccc(Cl)cc2Cl)cc1N. The first-order chi connectivity index (χ1) is 8.97. The molecule has 3 N–H and O–H groups in total. The van der Waals surface area contributed by atoms with Crippen molar-refractivity contribution in [2.45, 2.75) is 19.9 Å². The molecule has 1 atom stereocenters. The predicted octanol–water partition coefficient (Wildman–Crippen LogP) is 4.45. The molecule has 1 unspecified atom stereocenters. The number of nitrogens with zero attached hydrogens (tertiary/aromatic N) is 1. The fourth-order valence-corrected chi connectivity index (χ4v) is 2.34. The van der Waals surface area contributed by atoms with Gasteiger partial charge in [0.15, 0.2) is 0 Å². The Hall–Kier alpha value is -1.45. The zero-order valence-electron chi connectivity index (χ0n) is 10.7. The zero-order chi connectivity index (χ0) is 14.0. The molecule has 2 rings (SSSR count). The Kier molecular flexibility index (Phi) is 4.17.